The molecule has 0 aliphatic heterocycles. The lowest BCUT2D eigenvalue weighted by molar-refractivity contribution is 0.0721. The van der Waals surface area contributed by atoms with Gasteiger partial charge < -0.3 is 4.74 Å². The maximum atomic E-state index is 15.0. The van der Waals surface area contributed by atoms with Gasteiger partial charge in [0.15, 0.2) is 11.6 Å². The Morgan fingerprint density at radius 2 is 1.72 bits per heavy atom. The third-order valence-electron chi connectivity index (χ3n) is 7.95. The van der Waals surface area contributed by atoms with E-state index in [9.17, 15) is 18.0 Å². The van der Waals surface area contributed by atoms with Gasteiger partial charge in [-0.2, -0.15) is 4.39 Å². The molecule has 5 heteroatoms. The number of benzene rings is 2. The van der Waals surface area contributed by atoms with Gasteiger partial charge in [-0.05, 0) is 118 Å². The molecule has 0 heterocycles. The van der Waals surface area contributed by atoms with Gasteiger partial charge in [-0.3, -0.25) is 0 Å². The van der Waals surface area contributed by atoms with E-state index in [0.29, 0.717) is 24.7 Å². The number of carbonyl (C=O) groups is 1. The number of carbonyl (C=O) groups excluding carboxylic acids is 1. The highest BCUT2D eigenvalue weighted by atomic mass is 19.2. The van der Waals surface area contributed by atoms with Crippen LogP contribution in [0.5, 0.6) is 5.75 Å². The number of halogens is 3. The number of allylic oxidation sites excluding steroid dienone is 4. The molecule has 0 bridgehead atoms. The van der Waals surface area contributed by atoms with Gasteiger partial charge in [0.2, 0.25) is 5.82 Å². The summed E-state index contributed by atoms with van der Waals surface area (Å²) in [5.74, 6) is -2.20. The van der Waals surface area contributed by atoms with Crippen LogP contribution in [0.15, 0.2) is 54.6 Å². The topological polar surface area (TPSA) is 26.3 Å². The lowest BCUT2D eigenvalue weighted by atomic mass is 9.64. The number of hydrogen-bond donors (Lipinski definition) is 0. The first-order chi connectivity index (χ1) is 17.4. The van der Waals surface area contributed by atoms with Gasteiger partial charge in [-0.15, -0.1) is 0 Å². The standard InChI is InChI=1S/C31H35F3O2/c1-3-5-6-8-21-14-16-28(30(34)29(21)33)36-31(35)26-15-13-25(19-27(26)32)24-12-11-22-17-20(7-4-2)9-10-23(22)18-24/h3-5,7,13-16,19-20,22-24H,6,8-12,17-18H2,1-2H3/b5-3+,7-4+. The number of ether oxygens (including phenoxy) is 1. The molecule has 0 aromatic heterocycles. The van der Waals surface area contributed by atoms with E-state index < -0.39 is 29.2 Å². The zero-order valence-electron chi connectivity index (χ0n) is 21.1. The van der Waals surface area contributed by atoms with Crippen LogP contribution >= 0.6 is 0 Å². The minimum absolute atomic E-state index is 0.200. The molecule has 2 fully saturated rings. The fraction of sp³-hybridized carbons (Fsp3) is 0.452. The molecular formula is C31H35F3O2. The van der Waals surface area contributed by atoms with Crippen molar-refractivity contribution < 1.29 is 22.7 Å². The summed E-state index contributed by atoms with van der Waals surface area (Å²) in [4.78, 5) is 12.6. The highest BCUT2D eigenvalue weighted by Gasteiger charge is 2.35. The van der Waals surface area contributed by atoms with Crippen LogP contribution in [0.2, 0.25) is 0 Å². The number of fused-ring (bicyclic) bond motifs is 1. The van der Waals surface area contributed by atoms with Crippen molar-refractivity contribution >= 4 is 5.97 Å². The van der Waals surface area contributed by atoms with Crippen LogP contribution in [-0.2, 0) is 6.42 Å². The molecular weight excluding hydrogens is 461 g/mol. The molecule has 4 atom stereocenters. The van der Waals surface area contributed by atoms with Crippen molar-refractivity contribution in [3.05, 3.63) is 88.8 Å². The maximum absolute atomic E-state index is 15.0. The smallest absolute Gasteiger partial charge is 0.346 e. The number of hydrogen-bond acceptors (Lipinski definition) is 2. The Kier molecular flexibility index (Phi) is 8.71. The summed E-state index contributed by atoms with van der Waals surface area (Å²) < 4.78 is 48.9. The molecule has 0 radical (unpaired) electrons. The number of aryl methyl sites for hydroxylation is 1. The van der Waals surface area contributed by atoms with E-state index in [4.69, 9.17) is 4.74 Å². The van der Waals surface area contributed by atoms with E-state index in [0.717, 1.165) is 30.7 Å². The average molecular weight is 497 g/mol. The summed E-state index contributed by atoms with van der Waals surface area (Å²) >= 11 is 0. The Morgan fingerprint density at radius 3 is 2.47 bits per heavy atom. The Balaban J connectivity index is 1.41. The first-order valence-corrected chi connectivity index (χ1v) is 13.1. The summed E-state index contributed by atoms with van der Waals surface area (Å²) in [5, 5.41) is 0. The molecule has 0 saturated heterocycles. The van der Waals surface area contributed by atoms with E-state index in [1.807, 2.05) is 19.1 Å². The summed E-state index contributed by atoms with van der Waals surface area (Å²) in [5.41, 5.74) is 0.808. The van der Waals surface area contributed by atoms with Crippen molar-refractivity contribution in [3.8, 4) is 5.75 Å². The second-order valence-corrected chi connectivity index (χ2v) is 10.2. The molecule has 0 N–H and O–H groups in total. The molecule has 2 aliphatic rings. The maximum Gasteiger partial charge on any atom is 0.346 e. The normalized spacial score (nSPS) is 24.2. The lowest BCUT2D eigenvalue weighted by Gasteiger charge is -2.41. The largest absolute Gasteiger partial charge is 0.420 e. The molecule has 2 aromatic carbocycles. The Bertz CT molecular complexity index is 1140. The van der Waals surface area contributed by atoms with E-state index in [-0.39, 0.29) is 17.0 Å². The van der Waals surface area contributed by atoms with Gasteiger partial charge in [-0.25, -0.2) is 13.6 Å². The minimum atomic E-state index is -1.24. The van der Waals surface area contributed by atoms with Crippen molar-refractivity contribution in [1.82, 2.24) is 0 Å². The van der Waals surface area contributed by atoms with Crippen LogP contribution in [-0.4, -0.2) is 5.97 Å². The van der Waals surface area contributed by atoms with Crippen LogP contribution in [0.25, 0.3) is 0 Å². The van der Waals surface area contributed by atoms with Gasteiger partial charge in [0.1, 0.15) is 5.82 Å². The Labute approximate surface area is 212 Å². The number of rotatable bonds is 7. The van der Waals surface area contributed by atoms with E-state index in [1.165, 1.54) is 43.5 Å². The average Bonchev–Trinajstić information content (AvgIpc) is 2.88. The van der Waals surface area contributed by atoms with Gasteiger partial charge in [0.25, 0.3) is 0 Å². The van der Waals surface area contributed by atoms with Crippen molar-refractivity contribution in [2.45, 2.75) is 71.1 Å². The summed E-state index contributed by atoms with van der Waals surface area (Å²) in [6, 6.07) is 7.21. The molecule has 4 rings (SSSR count). The van der Waals surface area contributed by atoms with Crippen molar-refractivity contribution in [1.29, 1.82) is 0 Å². The van der Waals surface area contributed by atoms with Gasteiger partial charge in [-0.1, -0.05) is 36.4 Å². The molecule has 2 nitrogen and oxygen atoms in total. The van der Waals surface area contributed by atoms with Crippen LogP contribution in [0.4, 0.5) is 13.2 Å². The molecule has 36 heavy (non-hydrogen) atoms. The first-order valence-electron chi connectivity index (χ1n) is 13.1. The second-order valence-electron chi connectivity index (χ2n) is 10.2. The quantitative estimate of drug-likeness (QED) is 0.218. The second kappa shape index (κ2) is 11.9. The molecule has 4 unspecified atom stereocenters. The SMILES string of the molecule is C/C=C/CCc1ccc(OC(=O)c2ccc(C3CCC4CC(/C=C/C)CCC4C3)cc2F)c(F)c1F. The fourth-order valence-electron chi connectivity index (χ4n) is 6.03. The zero-order valence-corrected chi connectivity index (χ0v) is 21.1. The first kappa shape index (κ1) is 26.2. The van der Waals surface area contributed by atoms with Crippen LogP contribution in [0, 0.1) is 35.2 Å². The number of esters is 1. The minimum Gasteiger partial charge on any atom is -0.420 e. The van der Waals surface area contributed by atoms with Crippen molar-refractivity contribution in [2.75, 3.05) is 0 Å². The predicted octanol–water partition coefficient (Wildman–Crippen LogP) is 8.71. The summed E-state index contributed by atoms with van der Waals surface area (Å²) in [6.45, 7) is 3.93. The molecule has 192 valence electrons. The van der Waals surface area contributed by atoms with Crippen molar-refractivity contribution in [2.24, 2.45) is 17.8 Å². The molecule has 2 saturated carbocycles. The third kappa shape index (κ3) is 5.93. The Morgan fingerprint density at radius 1 is 0.944 bits per heavy atom. The molecule has 2 aliphatic carbocycles. The van der Waals surface area contributed by atoms with E-state index in [1.54, 1.807) is 6.07 Å². The Hall–Kier alpha value is -2.82. The van der Waals surface area contributed by atoms with E-state index in [2.05, 4.69) is 19.1 Å². The highest BCUT2D eigenvalue weighted by Crippen LogP contribution is 2.48. The lowest BCUT2D eigenvalue weighted by Crippen LogP contribution is -2.30. The summed E-state index contributed by atoms with van der Waals surface area (Å²) in [7, 11) is 0. The fourth-order valence-corrected chi connectivity index (χ4v) is 6.03. The molecule has 0 spiro atoms. The van der Waals surface area contributed by atoms with Crippen LogP contribution in [0.1, 0.15) is 86.2 Å². The molecule has 0 amide bonds. The van der Waals surface area contributed by atoms with Crippen molar-refractivity contribution in [3.63, 3.8) is 0 Å². The zero-order chi connectivity index (χ0) is 25.7. The summed E-state index contributed by atoms with van der Waals surface area (Å²) in [6.07, 6.45) is 15.9. The van der Waals surface area contributed by atoms with Crippen LogP contribution < -0.4 is 4.74 Å². The third-order valence-corrected chi connectivity index (χ3v) is 7.95. The van der Waals surface area contributed by atoms with Gasteiger partial charge in [0.05, 0.1) is 5.56 Å². The molecule has 2 aromatic rings. The van der Waals surface area contributed by atoms with Crippen LogP contribution in [0.3, 0.4) is 0 Å². The highest BCUT2D eigenvalue weighted by molar-refractivity contribution is 5.91. The van der Waals surface area contributed by atoms with E-state index >= 15 is 0 Å². The van der Waals surface area contributed by atoms with Gasteiger partial charge >= 0.3 is 5.97 Å². The monoisotopic (exact) mass is 496 g/mol. The predicted molar refractivity (Wildman–Crippen MR) is 137 cm³/mol. The van der Waals surface area contributed by atoms with Gasteiger partial charge in [0, 0.05) is 0 Å².